The normalized spacial score (nSPS) is 10.3. The van der Waals surface area contributed by atoms with Crippen LogP contribution in [0.1, 0.15) is 19.8 Å². The van der Waals surface area contributed by atoms with Crippen LogP contribution in [0.15, 0.2) is 83.8 Å². The van der Waals surface area contributed by atoms with Crippen LogP contribution in [-0.4, -0.2) is 24.3 Å². The summed E-state index contributed by atoms with van der Waals surface area (Å²) in [5.74, 6) is 1.01. The van der Waals surface area contributed by atoms with E-state index in [4.69, 9.17) is 4.74 Å². The van der Waals surface area contributed by atoms with Gasteiger partial charge in [-0.3, -0.25) is 4.79 Å². The van der Waals surface area contributed by atoms with Crippen molar-refractivity contribution in [2.24, 2.45) is 0 Å². The molecule has 3 aromatic rings. The molecular formula is C25H27N3O3S. The van der Waals surface area contributed by atoms with E-state index in [9.17, 15) is 9.59 Å². The van der Waals surface area contributed by atoms with E-state index in [-0.39, 0.29) is 17.7 Å². The number of urea groups is 1. The molecule has 0 aliphatic carbocycles. The minimum absolute atomic E-state index is 0.0842. The molecule has 0 atom stereocenters. The Balaban J connectivity index is 1.40. The van der Waals surface area contributed by atoms with Crippen molar-refractivity contribution in [1.29, 1.82) is 0 Å². The van der Waals surface area contributed by atoms with Gasteiger partial charge in [-0.25, -0.2) is 4.79 Å². The number of benzene rings is 3. The Bertz CT molecular complexity index is 993. The molecule has 6 nitrogen and oxygen atoms in total. The number of nitrogens with one attached hydrogen (secondary N) is 3. The van der Waals surface area contributed by atoms with Crippen LogP contribution < -0.4 is 20.7 Å². The fourth-order valence-corrected chi connectivity index (χ4v) is 3.46. The van der Waals surface area contributed by atoms with Crippen molar-refractivity contribution in [3.63, 3.8) is 0 Å². The molecule has 3 rings (SSSR count). The van der Waals surface area contributed by atoms with Crippen molar-refractivity contribution in [2.45, 2.75) is 24.7 Å². The zero-order chi connectivity index (χ0) is 22.6. The smallest absolute Gasteiger partial charge is 0.323 e. The molecule has 3 aromatic carbocycles. The summed E-state index contributed by atoms with van der Waals surface area (Å²) in [5, 5.41) is 8.44. The van der Waals surface area contributed by atoms with Crippen LogP contribution in [0.25, 0.3) is 0 Å². The quantitative estimate of drug-likeness (QED) is 0.253. The van der Waals surface area contributed by atoms with E-state index in [1.807, 2.05) is 78.9 Å². The molecule has 0 aliphatic rings. The highest BCUT2D eigenvalue weighted by Crippen LogP contribution is 2.21. The minimum Gasteiger partial charge on any atom is -0.494 e. The molecule has 3 amide bonds. The fraction of sp³-hybridized carbons (Fsp3) is 0.200. The largest absolute Gasteiger partial charge is 0.494 e. The lowest BCUT2D eigenvalue weighted by atomic mass is 10.3. The number of hydrogen-bond donors (Lipinski definition) is 3. The summed E-state index contributed by atoms with van der Waals surface area (Å²) in [6, 6.07) is 23.7. The number of thioether (sulfide) groups is 1. The molecule has 0 unspecified atom stereocenters. The van der Waals surface area contributed by atoms with Crippen LogP contribution in [0.2, 0.25) is 0 Å². The van der Waals surface area contributed by atoms with Gasteiger partial charge in [0, 0.05) is 22.0 Å². The van der Waals surface area contributed by atoms with Gasteiger partial charge in [0.05, 0.1) is 12.4 Å². The molecule has 3 N–H and O–H groups in total. The molecular weight excluding hydrogens is 422 g/mol. The minimum atomic E-state index is -0.308. The van der Waals surface area contributed by atoms with Gasteiger partial charge in [-0.2, -0.15) is 0 Å². The van der Waals surface area contributed by atoms with Gasteiger partial charge in [0.1, 0.15) is 5.75 Å². The van der Waals surface area contributed by atoms with E-state index >= 15 is 0 Å². The number of ether oxygens (including phenoxy) is 1. The zero-order valence-corrected chi connectivity index (χ0v) is 18.8. The summed E-state index contributed by atoms with van der Waals surface area (Å²) in [4.78, 5) is 25.2. The summed E-state index contributed by atoms with van der Waals surface area (Å²) in [5.41, 5.74) is 2.14. The lowest BCUT2D eigenvalue weighted by molar-refractivity contribution is -0.113. The number of unbranched alkanes of at least 4 members (excludes halogenated alkanes) is 1. The lowest BCUT2D eigenvalue weighted by Gasteiger charge is -2.09. The number of carbonyl (C=O) groups excluding carboxylic acids is 2. The van der Waals surface area contributed by atoms with E-state index in [0.717, 1.165) is 34.9 Å². The third-order valence-corrected chi connectivity index (χ3v) is 5.43. The van der Waals surface area contributed by atoms with Crippen LogP contribution in [0, 0.1) is 0 Å². The highest BCUT2D eigenvalue weighted by atomic mass is 32.2. The van der Waals surface area contributed by atoms with Crippen molar-refractivity contribution in [1.82, 2.24) is 0 Å². The first-order valence-corrected chi connectivity index (χ1v) is 11.5. The third-order valence-electron chi connectivity index (χ3n) is 4.42. The standard InChI is InChI=1S/C25H27N3O3S/c1-2-3-17-31-22-13-9-20(10-14-22)26-24(29)18-32-23-15-11-21(12-16-23)28-25(30)27-19-7-5-4-6-8-19/h4-16H,2-3,17-18H2,1H3,(H,26,29)(H2,27,28,30). The predicted octanol–water partition coefficient (Wildman–Crippen LogP) is 6.24. The van der Waals surface area contributed by atoms with E-state index in [1.54, 1.807) is 0 Å². The predicted molar refractivity (Wildman–Crippen MR) is 132 cm³/mol. The first kappa shape index (κ1) is 23.2. The second-order valence-electron chi connectivity index (χ2n) is 7.03. The fourth-order valence-electron chi connectivity index (χ4n) is 2.76. The van der Waals surface area contributed by atoms with Gasteiger partial charge in [0.25, 0.3) is 0 Å². The molecule has 0 aliphatic heterocycles. The molecule has 0 saturated heterocycles. The third kappa shape index (κ3) is 8.00. The molecule has 0 aromatic heterocycles. The van der Waals surface area contributed by atoms with Gasteiger partial charge >= 0.3 is 6.03 Å². The SMILES string of the molecule is CCCCOc1ccc(NC(=O)CSc2ccc(NC(=O)Nc3ccccc3)cc2)cc1. The number of rotatable bonds is 10. The molecule has 166 valence electrons. The molecule has 0 saturated carbocycles. The van der Waals surface area contributed by atoms with E-state index in [0.29, 0.717) is 12.3 Å². The maximum absolute atomic E-state index is 12.2. The Hall–Kier alpha value is -3.45. The van der Waals surface area contributed by atoms with Crippen LogP contribution in [0.3, 0.4) is 0 Å². The topological polar surface area (TPSA) is 79.5 Å². The maximum atomic E-state index is 12.2. The van der Waals surface area contributed by atoms with Crippen molar-refractivity contribution in [2.75, 3.05) is 28.3 Å². The number of carbonyl (C=O) groups is 2. The van der Waals surface area contributed by atoms with Crippen LogP contribution in [0.5, 0.6) is 5.75 Å². The second-order valence-corrected chi connectivity index (χ2v) is 8.08. The Kier molecular flexibility index (Phi) is 9.01. The molecule has 32 heavy (non-hydrogen) atoms. The molecule has 7 heteroatoms. The van der Waals surface area contributed by atoms with Crippen LogP contribution in [0.4, 0.5) is 21.9 Å². The first-order chi connectivity index (χ1) is 15.6. The highest BCUT2D eigenvalue weighted by molar-refractivity contribution is 8.00. The number of para-hydroxylation sites is 1. The maximum Gasteiger partial charge on any atom is 0.323 e. The Morgan fingerprint density at radius 1 is 0.781 bits per heavy atom. The van der Waals surface area contributed by atoms with E-state index in [1.165, 1.54) is 11.8 Å². The van der Waals surface area contributed by atoms with E-state index in [2.05, 4.69) is 22.9 Å². The van der Waals surface area contributed by atoms with Gasteiger partial charge < -0.3 is 20.7 Å². The van der Waals surface area contributed by atoms with E-state index < -0.39 is 0 Å². The summed E-state index contributed by atoms with van der Waals surface area (Å²) >= 11 is 1.43. The van der Waals surface area contributed by atoms with Gasteiger partial charge in [0.15, 0.2) is 0 Å². The number of anilines is 3. The summed E-state index contributed by atoms with van der Waals surface area (Å²) in [6.45, 7) is 2.82. The zero-order valence-electron chi connectivity index (χ0n) is 18.0. The van der Waals surface area contributed by atoms with Gasteiger partial charge in [0.2, 0.25) is 5.91 Å². The van der Waals surface area contributed by atoms with Crippen molar-refractivity contribution in [3.8, 4) is 5.75 Å². The Morgan fingerprint density at radius 3 is 2.03 bits per heavy atom. The summed E-state index contributed by atoms with van der Waals surface area (Å²) < 4.78 is 5.63. The molecule has 0 radical (unpaired) electrons. The molecule has 0 fully saturated rings. The van der Waals surface area contributed by atoms with Crippen molar-refractivity contribution >= 4 is 40.8 Å². The Labute approximate surface area is 192 Å². The number of hydrogen-bond acceptors (Lipinski definition) is 4. The first-order valence-electron chi connectivity index (χ1n) is 10.5. The monoisotopic (exact) mass is 449 g/mol. The van der Waals surface area contributed by atoms with Gasteiger partial charge in [-0.15, -0.1) is 11.8 Å². The highest BCUT2D eigenvalue weighted by Gasteiger charge is 2.06. The number of amides is 3. The molecule has 0 heterocycles. The second kappa shape index (κ2) is 12.4. The van der Waals surface area contributed by atoms with Gasteiger partial charge in [-0.05, 0) is 67.1 Å². The van der Waals surface area contributed by atoms with Crippen molar-refractivity contribution in [3.05, 3.63) is 78.9 Å². The Morgan fingerprint density at radius 2 is 1.38 bits per heavy atom. The average Bonchev–Trinajstić information content (AvgIpc) is 2.80. The summed E-state index contributed by atoms with van der Waals surface area (Å²) in [7, 11) is 0. The lowest BCUT2D eigenvalue weighted by Crippen LogP contribution is -2.19. The van der Waals surface area contributed by atoms with Crippen molar-refractivity contribution < 1.29 is 14.3 Å². The molecule has 0 bridgehead atoms. The van der Waals surface area contributed by atoms with Crippen LogP contribution >= 0.6 is 11.8 Å². The summed E-state index contributed by atoms with van der Waals surface area (Å²) in [6.07, 6.45) is 2.11. The average molecular weight is 450 g/mol. The molecule has 0 spiro atoms. The van der Waals surface area contributed by atoms with Crippen LogP contribution in [-0.2, 0) is 4.79 Å². The van der Waals surface area contributed by atoms with Gasteiger partial charge in [-0.1, -0.05) is 31.5 Å².